The van der Waals surface area contributed by atoms with Gasteiger partial charge >= 0.3 is 11.6 Å². The van der Waals surface area contributed by atoms with Crippen molar-refractivity contribution in [2.45, 2.75) is 0 Å². The molecule has 1 N–H and O–H groups in total. The number of anilines is 1. The summed E-state index contributed by atoms with van der Waals surface area (Å²) in [5, 5.41) is 5.40. The molecule has 5 rings (SSSR count). The van der Waals surface area contributed by atoms with E-state index in [1.807, 2.05) is 60.0 Å². The largest absolute Gasteiger partial charge is 0.452 e. The Hall–Kier alpha value is -4.56. The Balaban J connectivity index is 1.20. The zero-order valence-electron chi connectivity index (χ0n) is 18.3. The van der Waals surface area contributed by atoms with E-state index >= 15 is 0 Å². The summed E-state index contributed by atoms with van der Waals surface area (Å²) in [6, 6.07) is 26.2. The molecule has 0 aliphatic carbocycles. The lowest BCUT2D eigenvalue weighted by Gasteiger charge is -2.05. The first-order valence-corrected chi connectivity index (χ1v) is 11.6. The van der Waals surface area contributed by atoms with Crippen LogP contribution < -0.4 is 10.9 Å². The van der Waals surface area contributed by atoms with Gasteiger partial charge in [-0.05, 0) is 23.3 Å². The molecule has 7 nitrogen and oxygen atoms in total. The van der Waals surface area contributed by atoms with Crippen molar-refractivity contribution in [1.29, 1.82) is 0 Å². The van der Waals surface area contributed by atoms with Crippen molar-refractivity contribution in [1.82, 2.24) is 4.98 Å². The highest BCUT2D eigenvalue weighted by atomic mass is 32.1. The number of rotatable bonds is 6. The number of amides is 1. The van der Waals surface area contributed by atoms with Crippen LogP contribution in [0.2, 0.25) is 0 Å². The highest BCUT2D eigenvalue weighted by molar-refractivity contribution is 7.14. The molecular formula is C27H18N2O5S. The molecule has 0 aliphatic rings. The van der Waals surface area contributed by atoms with Gasteiger partial charge in [-0.1, -0.05) is 72.8 Å². The van der Waals surface area contributed by atoms with Crippen molar-refractivity contribution >= 4 is 39.3 Å². The van der Waals surface area contributed by atoms with Crippen LogP contribution in [0.1, 0.15) is 10.4 Å². The van der Waals surface area contributed by atoms with Crippen molar-refractivity contribution < 1.29 is 18.7 Å². The minimum Gasteiger partial charge on any atom is -0.452 e. The van der Waals surface area contributed by atoms with Crippen molar-refractivity contribution in [2.75, 3.05) is 11.9 Å². The summed E-state index contributed by atoms with van der Waals surface area (Å²) in [5.74, 6) is -1.50. The van der Waals surface area contributed by atoms with Gasteiger partial charge in [-0.3, -0.25) is 10.1 Å². The number of nitrogens with one attached hydrogen (secondary N) is 1. The number of carbonyl (C=O) groups excluding carboxylic acids is 2. The molecule has 0 spiro atoms. The number of hydrogen-bond donors (Lipinski definition) is 1. The van der Waals surface area contributed by atoms with Crippen molar-refractivity contribution in [3.8, 4) is 22.4 Å². The standard InChI is InChI=1S/C27H18N2O5S/c30-24(15-33-25(31)21-14-20-8-4-5-9-23(20)34-26(21)32)29-27-28-22(16-35-27)19-12-10-18(11-13-19)17-6-2-1-3-7-17/h1-14,16H,15H2,(H,28,29,30). The second kappa shape index (κ2) is 9.74. The molecule has 3 aromatic carbocycles. The third-order valence-corrected chi connectivity index (χ3v) is 5.99. The third kappa shape index (κ3) is 5.02. The van der Waals surface area contributed by atoms with E-state index in [4.69, 9.17) is 9.15 Å². The smallest absolute Gasteiger partial charge is 0.351 e. The number of fused-ring (bicyclic) bond motifs is 1. The lowest BCUT2D eigenvalue weighted by molar-refractivity contribution is -0.119. The molecule has 8 heteroatoms. The Morgan fingerprint density at radius 3 is 2.37 bits per heavy atom. The van der Waals surface area contributed by atoms with E-state index in [-0.39, 0.29) is 5.56 Å². The van der Waals surface area contributed by atoms with Gasteiger partial charge in [-0.2, -0.15) is 0 Å². The van der Waals surface area contributed by atoms with Crippen LogP contribution in [0.3, 0.4) is 0 Å². The fourth-order valence-corrected chi connectivity index (χ4v) is 4.23. The van der Waals surface area contributed by atoms with E-state index in [9.17, 15) is 14.4 Å². The second-order valence-electron chi connectivity index (χ2n) is 7.59. The fraction of sp³-hybridized carbons (Fsp3) is 0.0370. The van der Waals surface area contributed by atoms with Gasteiger partial charge in [-0.15, -0.1) is 11.3 Å². The topological polar surface area (TPSA) is 98.5 Å². The predicted octanol–water partition coefficient (Wildman–Crippen LogP) is 5.38. The summed E-state index contributed by atoms with van der Waals surface area (Å²) in [7, 11) is 0. The van der Waals surface area contributed by atoms with Gasteiger partial charge in [0.05, 0.1) is 5.69 Å². The molecule has 172 valence electrons. The van der Waals surface area contributed by atoms with Crippen LogP contribution in [0.4, 0.5) is 5.13 Å². The zero-order valence-corrected chi connectivity index (χ0v) is 19.1. The first kappa shape index (κ1) is 22.2. The molecule has 2 aromatic heterocycles. The Labute approximate surface area is 203 Å². The Morgan fingerprint density at radius 2 is 1.57 bits per heavy atom. The maximum atomic E-state index is 12.3. The van der Waals surface area contributed by atoms with Gasteiger partial charge in [0.25, 0.3) is 5.91 Å². The van der Waals surface area contributed by atoms with Crippen LogP contribution in [0.25, 0.3) is 33.4 Å². The molecule has 2 heterocycles. The van der Waals surface area contributed by atoms with E-state index in [0.717, 1.165) is 22.4 Å². The molecule has 0 fully saturated rings. The number of nitrogens with zero attached hydrogens (tertiary/aromatic N) is 1. The molecule has 0 atom stereocenters. The average molecular weight is 483 g/mol. The van der Waals surface area contributed by atoms with Crippen LogP contribution in [-0.2, 0) is 9.53 Å². The number of ether oxygens (including phenoxy) is 1. The van der Waals surface area contributed by atoms with Gasteiger partial charge in [0.1, 0.15) is 11.1 Å². The first-order valence-electron chi connectivity index (χ1n) is 10.7. The van der Waals surface area contributed by atoms with Crippen LogP contribution >= 0.6 is 11.3 Å². The lowest BCUT2D eigenvalue weighted by atomic mass is 10.0. The van der Waals surface area contributed by atoms with E-state index in [1.54, 1.807) is 24.3 Å². The van der Waals surface area contributed by atoms with Crippen molar-refractivity contribution in [2.24, 2.45) is 0 Å². The predicted molar refractivity (Wildman–Crippen MR) is 134 cm³/mol. The number of para-hydroxylation sites is 1. The number of aromatic nitrogens is 1. The van der Waals surface area contributed by atoms with Crippen molar-refractivity contribution in [3.63, 3.8) is 0 Å². The highest BCUT2D eigenvalue weighted by Crippen LogP contribution is 2.27. The Morgan fingerprint density at radius 1 is 0.886 bits per heavy atom. The maximum Gasteiger partial charge on any atom is 0.351 e. The summed E-state index contributed by atoms with van der Waals surface area (Å²) in [4.78, 5) is 41.1. The minimum atomic E-state index is -0.932. The molecule has 0 saturated heterocycles. The number of carbonyl (C=O) groups is 2. The molecule has 0 aliphatic heterocycles. The van der Waals surface area contributed by atoms with Crippen LogP contribution in [0.15, 0.2) is 99.5 Å². The molecule has 1 amide bonds. The number of thiazole rings is 1. The summed E-state index contributed by atoms with van der Waals surface area (Å²) >= 11 is 1.26. The first-order chi connectivity index (χ1) is 17.1. The summed E-state index contributed by atoms with van der Waals surface area (Å²) in [6.07, 6.45) is 0. The van der Waals surface area contributed by atoms with Crippen molar-refractivity contribution in [3.05, 3.63) is 106 Å². The second-order valence-corrected chi connectivity index (χ2v) is 8.45. The van der Waals surface area contributed by atoms with Gasteiger partial charge in [0.2, 0.25) is 0 Å². The van der Waals surface area contributed by atoms with Gasteiger partial charge in [0.15, 0.2) is 11.7 Å². The monoisotopic (exact) mass is 482 g/mol. The fourth-order valence-electron chi connectivity index (χ4n) is 3.50. The van der Waals surface area contributed by atoms with E-state index in [1.165, 1.54) is 17.4 Å². The molecule has 35 heavy (non-hydrogen) atoms. The number of esters is 1. The lowest BCUT2D eigenvalue weighted by Crippen LogP contribution is -2.23. The Kier molecular flexibility index (Phi) is 6.19. The average Bonchev–Trinajstić information content (AvgIpc) is 3.36. The molecular weight excluding hydrogens is 464 g/mol. The maximum absolute atomic E-state index is 12.3. The van der Waals surface area contributed by atoms with Crippen LogP contribution in [0, 0.1) is 0 Å². The van der Waals surface area contributed by atoms with Crippen LogP contribution in [0.5, 0.6) is 0 Å². The Bertz CT molecular complexity index is 1570. The molecule has 0 bridgehead atoms. The zero-order chi connectivity index (χ0) is 24.2. The van der Waals surface area contributed by atoms with Gasteiger partial charge in [-0.25, -0.2) is 14.6 Å². The van der Waals surface area contributed by atoms with Crippen LogP contribution in [-0.4, -0.2) is 23.5 Å². The molecule has 0 saturated carbocycles. The van der Waals surface area contributed by atoms with E-state index in [2.05, 4.69) is 10.3 Å². The normalized spacial score (nSPS) is 10.7. The highest BCUT2D eigenvalue weighted by Gasteiger charge is 2.17. The SMILES string of the molecule is O=C(COC(=O)c1cc2ccccc2oc1=O)Nc1nc(-c2ccc(-c3ccccc3)cc2)cs1. The molecule has 5 aromatic rings. The quantitative estimate of drug-likeness (QED) is 0.258. The van der Waals surface area contributed by atoms with E-state index in [0.29, 0.717) is 16.1 Å². The summed E-state index contributed by atoms with van der Waals surface area (Å²) in [6.45, 7) is -0.564. The van der Waals surface area contributed by atoms with Gasteiger partial charge in [0, 0.05) is 16.3 Å². The molecule has 0 unspecified atom stereocenters. The number of hydrogen-bond acceptors (Lipinski definition) is 7. The number of benzene rings is 3. The van der Waals surface area contributed by atoms with E-state index < -0.39 is 24.1 Å². The third-order valence-electron chi connectivity index (χ3n) is 5.23. The van der Waals surface area contributed by atoms with Gasteiger partial charge < -0.3 is 9.15 Å². The summed E-state index contributed by atoms with van der Waals surface area (Å²) < 4.78 is 10.1. The minimum absolute atomic E-state index is 0.271. The molecule has 0 radical (unpaired) electrons. The summed E-state index contributed by atoms with van der Waals surface area (Å²) in [5.41, 5.74) is 3.12.